The van der Waals surface area contributed by atoms with Crippen LogP contribution in [0, 0.1) is 0 Å². The van der Waals surface area contributed by atoms with Crippen molar-refractivity contribution in [2.24, 2.45) is 5.73 Å². The van der Waals surface area contributed by atoms with Crippen molar-refractivity contribution < 1.29 is 13.9 Å². The van der Waals surface area contributed by atoms with E-state index in [1.165, 1.54) is 17.0 Å². The van der Waals surface area contributed by atoms with Crippen LogP contribution in [-0.4, -0.2) is 61.5 Å². The topological polar surface area (TPSA) is 58.1 Å². The molecular weight excluding hydrogens is 312 g/mol. The van der Waals surface area contributed by atoms with Gasteiger partial charge in [-0.2, -0.15) is 4.58 Å². The summed E-state index contributed by atoms with van der Waals surface area (Å²) in [6.45, 7) is 9.27. The number of fused-ring (bicyclic) bond motifs is 1. The zero-order valence-electron chi connectivity index (χ0n) is 16.6. The number of rotatable bonds is 7. The van der Waals surface area contributed by atoms with E-state index in [-0.39, 0.29) is 11.3 Å². The minimum absolute atomic E-state index is 0.0273. The third-order valence-corrected chi connectivity index (χ3v) is 5.14. The first-order valence-electron chi connectivity index (χ1n) is 9.13. The first-order valence-corrected chi connectivity index (χ1v) is 9.13. The predicted molar refractivity (Wildman–Crippen MR) is 105 cm³/mol. The zero-order chi connectivity index (χ0) is 18.8. The van der Waals surface area contributed by atoms with Crippen molar-refractivity contribution >= 4 is 23.0 Å². The molecule has 1 amide bonds. The fourth-order valence-electron chi connectivity index (χ4n) is 3.41. The molecule has 0 atom stereocenters. The molecule has 2 rings (SSSR count). The van der Waals surface area contributed by atoms with Gasteiger partial charge in [0.2, 0.25) is 11.6 Å². The van der Waals surface area contributed by atoms with Crippen LogP contribution in [0.15, 0.2) is 18.2 Å². The number of nitrogens with zero attached hydrogens (tertiary/aromatic N) is 2. The minimum atomic E-state index is -0.0289. The summed E-state index contributed by atoms with van der Waals surface area (Å²) in [7, 11) is 6.69. The van der Waals surface area contributed by atoms with Crippen LogP contribution in [0.25, 0.3) is 0 Å². The minimum Gasteiger partial charge on any atom is -0.331 e. The Kier molecular flexibility index (Phi) is 5.69. The number of amides is 1. The van der Waals surface area contributed by atoms with Gasteiger partial charge in [0.25, 0.3) is 0 Å². The highest BCUT2D eigenvalue weighted by Crippen LogP contribution is 2.40. The molecule has 0 unspecified atom stereocenters. The SMILES string of the molecule is CC1=[N+](CCC[N+](C)(C)C)c2ccc(NC(=O)CCN)cc2C1(C)C. The van der Waals surface area contributed by atoms with Crippen LogP contribution in [0.1, 0.15) is 39.2 Å². The number of nitrogens with one attached hydrogen (secondary N) is 1. The largest absolute Gasteiger partial charge is 0.331 e. The summed E-state index contributed by atoms with van der Waals surface area (Å²) in [4.78, 5) is 11.8. The van der Waals surface area contributed by atoms with E-state index in [2.05, 4.69) is 63.9 Å². The molecule has 0 aliphatic carbocycles. The standard InChI is InChI=1S/C20H33N4O/c1-15-20(2,3)17-14-16(22-19(25)10-11-21)8-9-18(17)23(15)12-7-13-24(4,5)6/h8-9,14H,7,10-13,21H2,1-6H3/q+1/p+1. The lowest BCUT2D eigenvalue weighted by Gasteiger charge is -2.23. The normalized spacial score (nSPS) is 16.1. The summed E-state index contributed by atoms with van der Waals surface area (Å²) in [6, 6.07) is 6.25. The van der Waals surface area contributed by atoms with Crippen molar-refractivity contribution in [2.45, 2.75) is 39.0 Å². The second kappa shape index (κ2) is 7.26. The van der Waals surface area contributed by atoms with Gasteiger partial charge in [-0.25, -0.2) is 0 Å². The van der Waals surface area contributed by atoms with Crippen molar-refractivity contribution in [1.82, 2.24) is 0 Å². The Morgan fingerprint density at radius 2 is 1.96 bits per heavy atom. The molecule has 0 saturated carbocycles. The number of hydrogen-bond acceptors (Lipinski definition) is 2. The number of anilines is 1. The highest BCUT2D eigenvalue weighted by molar-refractivity contribution is 5.95. The van der Waals surface area contributed by atoms with Gasteiger partial charge in [-0.3, -0.25) is 4.79 Å². The average molecular weight is 347 g/mol. The Bertz CT molecular complexity index is 683. The molecule has 3 N–H and O–H groups in total. The third-order valence-electron chi connectivity index (χ3n) is 5.14. The Hall–Kier alpha value is -1.72. The van der Waals surface area contributed by atoms with E-state index in [1.807, 2.05) is 6.07 Å². The molecule has 0 saturated heterocycles. The van der Waals surface area contributed by atoms with Gasteiger partial charge in [0.15, 0.2) is 12.3 Å². The van der Waals surface area contributed by atoms with Gasteiger partial charge in [-0.05, 0) is 26.0 Å². The van der Waals surface area contributed by atoms with Gasteiger partial charge < -0.3 is 15.5 Å². The van der Waals surface area contributed by atoms with Gasteiger partial charge in [0.1, 0.15) is 0 Å². The molecule has 1 aliphatic heterocycles. The van der Waals surface area contributed by atoms with Gasteiger partial charge in [-0.15, -0.1) is 0 Å². The van der Waals surface area contributed by atoms with Gasteiger partial charge in [0.05, 0.1) is 39.5 Å². The van der Waals surface area contributed by atoms with Crippen LogP contribution in [-0.2, 0) is 10.2 Å². The fraction of sp³-hybridized carbons (Fsp3) is 0.600. The number of nitrogens with two attached hydrogens (primary N) is 1. The summed E-state index contributed by atoms with van der Waals surface area (Å²) in [5.74, 6) is -0.0289. The van der Waals surface area contributed by atoms with E-state index in [9.17, 15) is 4.79 Å². The van der Waals surface area contributed by atoms with E-state index < -0.39 is 0 Å². The highest BCUT2D eigenvalue weighted by Gasteiger charge is 2.43. The number of quaternary nitrogens is 1. The molecule has 25 heavy (non-hydrogen) atoms. The van der Waals surface area contributed by atoms with E-state index in [1.54, 1.807) is 0 Å². The lowest BCUT2D eigenvalue weighted by atomic mass is 9.82. The Labute approximate surface area is 152 Å². The first-order chi connectivity index (χ1) is 11.6. The van der Waals surface area contributed by atoms with Crippen molar-refractivity contribution in [3.8, 4) is 0 Å². The molecule has 1 aliphatic rings. The Balaban J connectivity index is 2.23. The van der Waals surface area contributed by atoms with Crippen LogP contribution in [0.4, 0.5) is 11.4 Å². The van der Waals surface area contributed by atoms with Crippen LogP contribution in [0.3, 0.4) is 0 Å². The smallest absolute Gasteiger partial charge is 0.225 e. The summed E-state index contributed by atoms with van der Waals surface area (Å²) < 4.78 is 3.42. The number of carbonyl (C=O) groups excluding carboxylic acids is 1. The zero-order valence-corrected chi connectivity index (χ0v) is 16.6. The summed E-state index contributed by atoms with van der Waals surface area (Å²) in [5.41, 5.74) is 10.2. The van der Waals surface area contributed by atoms with Gasteiger partial charge >= 0.3 is 0 Å². The van der Waals surface area contributed by atoms with Crippen molar-refractivity contribution in [1.29, 1.82) is 0 Å². The molecule has 0 bridgehead atoms. The van der Waals surface area contributed by atoms with Crippen LogP contribution in [0.2, 0.25) is 0 Å². The average Bonchev–Trinajstić information content (AvgIpc) is 2.67. The van der Waals surface area contributed by atoms with E-state index >= 15 is 0 Å². The van der Waals surface area contributed by atoms with Crippen molar-refractivity contribution in [2.75, 3.05) is 46.1 Å². The van der Waals surface area contributed by atoms with Gasteiger partial charge in [-0.1, -0.05) is 0 Å². The number of benzene rings is 1. The molecule has 0 radical (unpaired) electrons. The molecule has 0 fully saturated rings. The quantitative estimate of drug-likeness (QED) is 0.589. The van der Waals surface area contributed by atoms with E-state index in [0.29, 0.717) is 13.0 Å². The molecule has 0 aromatic heterocycles. The molecule has 1 aromatic rings. The van der Waals surface area contributed by atoms with Crippen LogP contribution >= 0.6 is 0 Å². The maximum Gasteiger partial charge on any atom is 0.225 e. The molecule has 0 spiro atoms. The van der Waals surface area contributed by atoms with Crippen LogP contribution < -0.4 is 11.1 Å². The summed E-state index contributed by atoms with van der Waals surface area (Å²) >= 11 is 0. The Morgan fingerprint density at radius 3 is 2.56 bits per heavy atom. The lowest BCUT2D eigenvalue weighted by Crippen LogP contribution is -2.36. The monoisotopic (exact) mass is 346 g/mol. The molecule has 138 valence electrons. The maximum absolute atomic E-state index is 11.8. The maximum atomic E-state index is 11.8. The molecule has 5 nitrogen and oxygen atoms in total. The summed E-state index contributed by atoms with van der Waals surface area (Å²) in [6.07, 6.45) is 1.49. The first kappa shape index (κ1) is 19.6. The van der Waals surface area contributed by atoms with E-state index in [0.717, 1.165) is 29.7 Å². The Morgan fingerprint density at radius 1 is 1.28 bits per heavy atom. The van der Waals surface area contributed by atoms with Crippen molar-refractivity contribution in [3.63, 3.8) is 0 Å². The molecule has 5 heteroatoms. The molecule has 1 heterocycles. The number of hydrogen-bond donors (Lipinski definition) is 2. The highest BCUT2D eigenvalue weighted by atomic mass is 16.1. The lowest BCUT2D eigenvalue weighted by molar-refractivity contribution is -0.871. The molecular formula is C20H34N4O+2. The second-order valence-corrected chi connectivity index (χ2v) is 8.55. The van der Waals surface area contributed by atoms with E-state index in [4.69, 9.17) is 5.73 Å². The second-order valence-electron chi connectivity index (χ2n) is 8.55. The van der Waals surface area contributed by atoms with Crippen LogP contribution in [0.5, 0.6) is 0 Å². The third kappa shape index (κ3) is 4.47. The van der Waals surface area contributed by atoms with Gasteiger partial charge in [0, 0.05) is 37.2 Å². The predicted octanol–water partition coefficient (Wildman–Crippen LogP) is 2.47. The summed E-state index contributed by atoms with van der Waals surface area (Å²) in [5, 5.41) is 2.95. The molecule has 1 aromatic carbocycles. The fourth-order valence-corrected chi connectivity index (χ4v) is 3.41. The van der Waals surface area contributed by atoms with Crippen molar-refractivity contribution in [3.05, 3.63) is 23.8 Å². The number of carbonyl (C=O) groups is 1.